The van der Waals surface area contributed by atoms with Crippen molar-refractivity contribution in [3.8, 4) is 5.75 Å². The number of benzene rings is 3. The zero-order chi connectivity index (χ0) is 31.1. The molecular formula is C35H37F3N4O2. The zero-order valence-corrected chi connectivity index (χ0v) is 24.7. The van der Waals surface area contributed by atoms with E-state index < -0.39 is 17.8 Å². The van der Waals surface area contributed by atoms with Crippen LogP contribution in [0.2, 0.25) is 0 Å². The first kappa shape index (κ1) is 31.1. The average molecular weight is 603 g/mol. The van der Waals surface area contributed by atoms with Crippen molar-refractivity contribution >= 4 is 17.2 Å². The van der Waals surface area contributed by atoms with Gasteiger partial charge in [-0.3, -0.25) is 4.79 Å². The molecule has 0 saturated carbocycles. The van der Waals surface area contributed by atoms with Crippen LogP contribution in [-0.2, 0) is 11.0 Å². The molecule has 3 aromatic carbocycles. The smallest absolute Gasteiger partial charge is 0.416 e. The van der Waals surface area contributed by atoms with Crippen molar-refractivity contribution in [3.63, 3.8) is 0 Å². The largest absolute Gasteiger partial charge is 0.494 e. The van der Waals surface area contributed by atoms with Gasteiger partial charge in [0.15, 0.2) is 0 Å². The van der Waals surface area contributed by atoms with Crippen molar-refractivity contribution in [1.82, 2.24) is 9.80 Å². The molecule has 0 spiro atoms. The maximum Gasteiger partial charge on any atom is 0.416 e. The van der Waals surface area contributed by atoms with Gasteiger partial charge in [0.1, 0.15) is 5.75 Å². The van der Waals surface area contributed by atoms with Gasteiger partial charge in [-0.2, -0.15) is 13.2 Å². The highest BCUT2D eigenvalue weighted by atomic mass is 19.4. The average Bonchev–Trinajstić information content (AvgIpc) is 3.82. The Bertz CT molecular complexity index is 1540. The molecule has 2 aliphatic rings. The van der Waals surface area contributed by atoms with Crippen molar-refractivity contribution in [3.05, 3.63) is 119 Å². The number of halogens is 3. The summed E-state index contributed by atoms with van der Waals surface area (Å²) in [7, 11) is 2.07. The predicted octanol–water partition coefficient (Wildman–Crippen LogP) is 6.65. The Morgan fingerprint density at radius 2 is 1.73 bits per heavy atom. The number of ether oxygens (including phenoxy) is 1. The number of nitrogens with two attached hydrogens (primary N) is 1. The number of alkyl halides is 3. The minimum Gasteiger partial charge on any atom is -0.494 e. The van der Waals surface area contributed by atoms with Crippen molar-refractivity contribution < 1.29 is 22.7 Å². The summed E-state index contributed by atoms with van der Waals surface area (Å²) in [5, 5.41) is 3.10. The predicted molar refractivity (Wildman–Crippen MR) is 167 cm³/mol. The summed E-state index contributed by atoms with van der Waals surface area (Å²) in [5.74, 6) is 0.666. The molecule has 0 unspecified atom stereocenters. The van der Waals surface area contributed by atoms with E-state index in [0.717, 1.165) is 66.9 Å². The molecule has 0 saturated heterocycles. The molecule has 3 aromatic rings. The van der Waals surface area contributed by atoms with E-state index in [1.807, 2.05) is 60.7 Å². The molecule has 0 radical (unpaired) electrons. The van der Waals surface area contributed by atoms with E-state index in [1.54, 1.807) is 11.0 Å². The molecule has 1 aliphatic heterocycles. The molecule has 0 aromatic heterocycles. The quantitative estimate of drug-likeness (QED) is 0.151. The van der Waals surface area contributed by atoms with Crippen molar-refractivity contribution in [1.29, 1.82) is 0 Å². The van der Waals surface area contributed by atoms with E-state index in [1.165, 1.54) is 6.07 Å². The molecule has 6 nitrogen and oxygen atoms in total. The Labute approximate surface area is 256 Å². The Morgan fingerprint density at radius 3 is 2.43 bits per heavy atom. The van der Waals surface area contributed by atoms with E-state index in [-0.39, 0.29) is 18.1 Å². The number of carbonyl (C=O) groups is 1. The molecular weight excluding hydrogens is 565 g/mol. The standard InChI is InChI=1S/C35H37F3N4O2/c1-41(20-8-22-44-30-11-3-2-4-12-30)19-5-6-21-42-24-31(40-29-10-7-9-28(23-29)35(36,37)38)32(34(42)43)33(39)27-17-15-26(16-18-27)25-13-14-25/h2-4,7,9-13,15-18,23,33,40H,5-6,8,19-22,24,39H2,1H3/t33-/m1/s1. The molecule has 1 amide bonds. The number of hydrogen-bond acceptors (Lipinski definition) is 5. The van der Waals surface area contributed by atoms with E-state index in [4.69, 9.17) is 10.5 Å². The fourth-order valence-electron chi connectivity index (χ4n) is 5.28. The van der Waals surface area contributed by atoms with Gasteiger partial charge < -0.3 is 25.6 Å². The van der Waals surface area contributed by atoms with Crippen LogP contribution in [0, 0.1) is 0 Å². The molecule has 0 bridgehead atoms. The lowest BCUT2D eigenvalue weighted by molar-refractivity contribution is -0.137. The van der Waals surface area contributed by atoms with E-state index in [0.29, 0.717) is 24.4 Å². The van der Waals surface area contributed by atoms with Crippen LogP contribution >= 0.6 is 0 Å². The van der Waals surface area contributed by atoms with Crippen LogP contribution in [0.25, 0.3) is 5.57 Å². The molecule has 0 fully saturated rings. The number of unbranched alkanes of at least 4 members (excludes halogenated alkanes) is 1. The first-order chi connectivity index (χ1) is 21.2. The van der Waals surface area contributed by atoms with E-state index in [2.05, 4.69) is 23.0 Å². The van der Waals surface area contributed by atoms with Gasteiger partial charge in [0, 0.05) is 30.0 Å². The maximum atomic E-state index is 13.7. The van der Waals surface area contributed by atoms with Crippen molar-refractivity contribution in [2.45, 2.75) is 31.5 Å². The molecule has 44 heavy (non-hydrogen) atoms. The Hall–Kier alpha value is -4.30. The number of anilines is 1. The van der Waals surface area contributed by atoms with E-state index in [9.17, 15) is 18.0 Å². The summed E-state index contributed by atoms with van der Waals surface area (Å²) in [4.78, 5) is 17.7. The summed E-state index contributed by atoms with van der Waals surface area (Å²) in [6.45, 7) is 3.18. The van der Waals surface area contributed by atoms with Crippen LogP contribution in [0.3, 0.4) is 0 Å². The zero-order valence-electron chi connectivity index (χ0n) is 24.7. The summed E-state index contributed by atoms with van der Waals surface area (Å²) in [5.41, 5.74) is 12.9. The van der Waals surface area contributed by atoms with E-state index >= 15 is 0 Å². The van der Waals surface area contributed by atoms with Gasteiger partial charge in [0.05, 0.1) is 30.3 Å². The molecule has 3 N–H and O–H groups in total. The Kier molecular flexibility index (Phi) is 9.90. The Balaban J connectivity index is 1.18. The maximum absolute atomic E-state index is 13.7. The highest BCUT2D eigenvalue weighted by molar-refractivity contribution is 5.99. The lowest BCUT2D eigenvalue weighted by Crippen LogP contribution is -2.31. The fourth-order valence-corrected chi connectivity index (χ4v) is 5.28. The first-order valence-corrected chi connectivity index (χ1v) is 14.8. The summed E-state index contributed by atoms with van der Waals surface area (Å²) in [6, 6.07) is 21.6. The number of amides is 1. The van der Waals surface area contributed by atoms with Gasteiger partial charge in [-0.05, 0) is 80.4 Å². The normalized spacial score (nSPS) is 15.2. The lowest BCUT2D eigenvalue weighted by Gasteiger charge is -2.20. The van der Waals surface area contributed by atoms with Crippen LogP contribution < -0.4 is 15.8 Å². The number of allylic oxidation sites excluding steroid dienone is 1. The SMILES string of the molecule is CN(CCCCN1CC(Nc2cccc(C(F)(F)F)c2)=C([C@H](N)c2ccc(C3=C=C3)cc2)C1=O)CCCOc1ccccc1. The van der Waals surface area contributed by atoms with Crippen LogP contribution in [0.4, 0.5) is 18.9 Å². The number of nitrogens with one attached hydrogen (secondary N) is 1. The highest BCUT2D eigenvalue weighted by Gasteiger charge is 2.35. The molecule has 9 heteroatoms. The van der Waals surface area contributed by atoms with Crippen LogP contribution in [0.15, 0.2) is 102 Å². The van der Waals surface area contributed by atoms with Crippen LogP contribution in [0.1, 0.15) is 42.0 Å². The van der Waals surface area contributed by atoms with Gasteiger partial charge in [0.2, 0.25) is 0 Å². The fraction of sp³-hybridized carbons (Fsp3) is 0.314. The number of nitrogens with zero attached hydrogens (tertiary/aromatic N) is 2. The minimum absolute atomic E-state index is 0.200. The second-order valence-corrected chi connectivity index (χ2v) is 11.1. The number of para-hydroxylation sites is 1. The number of carbonyl (C=O) groups excluding carboxylic acids is 1. The van der Waals surface area contributed by atoms with Gasteiger partial charge >= 0.3 is 6.18 Å². The summed E-state index contributed by atoms with van der Waals surface area (Å²) >= 11 is 0. The number of rotatable bonds is 15. The molecule has 5 rings (SSSR count). The second kappa shape index (κ2) is 14.0. The van der Waals surface area contributed by atoms with Crippen LogP contribution in [0.5, 0.6) is 5.75 Å². The van der Waals surface area contributed by atoms with Gasteiger partial charge in [-0.15, -0.1) is 5.73 Å². The minimum atomic E-state index is -4.47. The Morgan fingerprint density at radius 1 is 1.00 bits per heavy atom. The monoisotopic (exact) mass is 602 g/mol. The molecule has 1 heterocycles. The third kappa shape index (κ3) is 8.20. The van der Waals surface area contributed by atoms with Crippen LogP contribution in [-0.4, -0.2) is 55.5 Å². The molecule has 1 aliphatic carbocycles. The third-order valence-electron chi connectivity index (χ3n) is 7.77. The topological polar surface area (TPSA) is 70.8 Å². The second-order valence-electron chi connectivity index (χ2n) is 11.1. The van der Waals surface area contributed by atoms with Crippen molar-refractivity contribution in [2.24, 2.45) is 5.73 Å². The number of hydrogen-bond donors (Lipinski definition) is 2. The lowest BCUT2D eigenvalue weighted by atomic mass is 9.97. The first-order valence-electron chi connectivity index (χ1n) is 14.8. The van der Waals surface area contributed by atoms with Gasteiger partial charge in [-0.25, -0.2) is 0 Å². The van der Waals surface area contributed by atoms with Gasteiger partial charge in [0.25, 0.3) is 5.91 Å². The van der Waals surface area contributed by atoms with Gasteiger partial charge in [-0.1, -0.05) is 48.5 Å². The summed E-state index contributed by atoms with van der Waals surface area (Å²) < 4.78 is 45.9. The molecule has 1 atom stereocenters. The summed E-state index contributed by atoms with van der Waals surface area (Å²) in [6.07, 6.45) is 0.000203. The molecule has 230 valence electrons. The highest BCUT2D eigenvalue weighted by Crippen LogP contribution is 2.34. The van der Waals surface area contributed by atoms with Crippen molar-refractivity contribution in [2.75, 3.05) is 45.2 Å². The third-order valence-corrected chi connectivity index (χ3v) is 7.77.